The number of aromatic nitrogens is 2. The first-order valence-corrected chi connectivity index (χ1v) is 41.9. The van der Waals surface area contributed by atoms with Crippen molar-refractivity contribution in [3.05, 3.63) is 174 Å². The zero-order valence-corrected chi connectivity index (χ0v) is 72.5. The number of primary amides is 1. The second-order valence-electron chi connectivity index (χ2n) is 32.4. The summed E-state index contributed by atoms with van der Waals surface area (Å²) in [6.45, 7) is 5.89. The van der Waals surface area contributed by atoms with E-state index in [1.165, 1.54) is 55.1 Å². The number of benzene rings is 6. The first kappa shape index (κ1) is 96.6. The number of carbonyl (C=O) groups is 9. The number of nitrogens with two attached hydrogens (primary N) is 1. The highest BCUT2D eigenvalue weighted by molar-refractivity contribution is 6.32. The van der Waals surface area contributed by atoms with Gasteiger partial charge in [0.05, 0.1) is 59.4 Å². The molecule has 0 aliphatic carbocycles. The van der Waals surface area contributed by atoms with E-state index in [0.29, 0.717) is 18.5 Å². The molecule has 0 radical (unpaired) electrons. The van der Waals surface area contributed by atoms with Crippen molar-refractivity contribution in [2.45, 2.75) is 176 Å². The SMILES string of the molecule is CNC(CC(C)C)C(=O)NC1C(=O)NC(CC(N)=O)C(=O)NC2C(=O)NC3C(=O)NC(C(=O)N[C@@H](C(=O)NOCCCN(C)C)c4cc(O)cc(O)c4-c4cc3ccc4O)C(O)c3ccc(c(Cl)c3)Oc3cc2cc(c3OC2OC(CO)C(O)C(O)C2OC2C[C@@](C)(NCCn3ccc(NC(=O)Cc4ccc(Cl)c(F)c4)nc3=O)C(O)C(C)O2)Oc2ccc(cc2Cl)C1O. The number of phenols is 3. The van der Waals surface area contributed by atoms with Gasteiger partial charge in [0.25, 0.3) is 5.91 Å². The van der Waals surface area contributed by atoms with Gasteiger partial charge in [0.15, 0.2) is 23.9 Å². The fraction of sp³-hybridized carbons (Fsp3) is 0.424. The zero-order chi connectivity index (χ0) is 93.5. The Morgan fingerprint density at radius 3 is 2.03 bits per heavy atom. The Hall–Kier alpha value is -11.5. The molecule has 7 aliphatic rings. The summed E-state index contributed by atoms with van der Waals surface area (Å²) >= 11 is 20.2. The summed E-state index contributed by atoms with van der Waals surface area (Å²) in [4.78, 5) is 158. The molecule has 0 spiro atoms. The number of carbonyl (C=O) groups excluding carboxylic acids is 9. The molecular weight excluding hydrogens is 1760 g/mol. The van der Waals surface area contributed by atoms with Crippen LogP contribution in [0.15, 0.2) is 114 Å². The molecule has 16 unspecified atom stereocenters. The van der Waals surface area contributed by atoms with Crippen molar-refractivity contribution in [2.75, 3.05) is 52.8 Å². The van der Waals surface area contributed by atoms with Crippen molar-refractivity contribution < 1.29 is 127 Å². The fourth-order valence-corrected chi connectivity index (χ4v) is 16.0. The van der Waals surface area contributed by atoms with Crippen molar-refractivity contribution in [1.29, 1.82) is 0 Å². The van der Waals surface area contributed by atoms with Crippen LogP contribution in [-0.2, 0) is 75.2 Å². The Morgan fingerprint density at radius 1 is 0.736 bits per heavy atom. The predicted octanol–water partition coefficient (Wildman–Crippen LogP) is 1.88. The van der Waals surface area contributed by atoms with Crippen molar-refractivity contribution in [2.24, 2.45) is 11.7 Å². The van der Waals surface area contributed by atoms with Crippen molar-refractivity contribution >= 4 is 93.8 Å². The predicted molar refractivity (Wildman–Crippen MR) is 455 cm³/mol. The maximum absolute atomic E-state index is 16.4. The van der Waals surface area contributed by atoms with Crippen molar-refractivity contribution in [3.63, 3.8) is 0 Å². The summed E-state index contributed by atoms with van der Waals surface area (Å²) in [7, 11) is 5.04. The third-order valence-corrected chi connectivity index (χ3v) is 23.0. The Balaban J connectivity index is 0.995. The molecule has 2 fully saturated rings. The number of nitrogens with one attached hydrogen (secondary N) is 10. The van der Waals surface area contributed by atoms with Crippen molar-refractivity contribution in [1.82, 2.24) is 62.5 Å². The van der Waals surface area contributed by atoms with Crippen LogP contribution in [0.2, 0.25) is 15.1 Å². The highest BCUT2D eigenvalue weighted by atomic mass is 35.5. The maximum atomic E-state index is 16.4. The van der Waals surface area contributed by atoms with Gasteiger partial charge in [0.1, 0.15) is 107 Å². The van der Waals surface area contributed by atoms with Gasteiger partial charge < -0.3 is 133 Å². The van der Waals surface area contributed by atoms with E-state index in [4.69, 9.17) is 73.8 Å². The smallest absolute Gasteiger partial charge is 0.349 e. The highest BCUT2D eigenvalue weighted by Crippen LogP contribution is 2.50. The quantitative estimate of drug-likeness (QED) is 0.0287. The maximum Gasteiger partial charge on any atom is 0.349 e. The minimum Gasteiger partial charge on any atom is -0.508 e. The first-order valence-electron chi connectivity index (χ1n) is 40.8. The van der Waals surface area contributed by atoms with Crippen LogP contribution in [-0.4, -0.2) is 240 Å². The number of hydrogen-bond donors (Lipinski definition) is 20. The third-order valence-electron chi connectivity index (χ3n) is 22.1. The monoisotopic (exact) mass is 1850 g/mol. The summed E-state index contributed by atoms with van der Waals surface area (Å²) in [5.74, 6) is -17.0. The third kappa shape index (κ3) is 22.7. The normalized spacial score (nSPS) is 25.6. The topological polar surface area (TPSA) is 585 Å². The number of phenolic OH excluding ortho intramolecular Hbond substituents is 3. The van der Waals surface area contributed by atoms with Crippen LogP contribution in [0.1, 0.15) is 117 Å². The van der Waals surface area contributed by atoms with Gasteiger partial charge in [-0.25, -0.2) is 14.7 Å². The minimum absolute atomic E-state index is 0.0637. The molecule has 21 N–H and O–H groups in total. The number of nitrogens with zero attached hydrogens (tertiary/aromatic N) is 3. The number of aliphatic hydroxyl groups is 6. The van der Waals surface area contributed by atoms with E-state index in [1.807, 2.05) is 18.7 Å². The molecule has 9 amide bonds. The van der Waals surface area contributed by atoms with Crippen LogP contribution >= 0.6 is 34.8 Å². The van der Waals surface area contributed by atoms with Crippen LogP contribution in [0.5, 0.6) is 46.0 Å². The molecule has 6 aromatic carbocycles. The Bertz CT molecular complexity index is 5470. The standard InChI is InChI=1S/C85H98Cl3FN14O26/c1-36(2)23-50(91-5)76(115)99-67-69(110)40-11-15-54(47(87)27-40)125-56-29-42-30-57(73(56)129-83-74(72(113)71(112)58(35-104)127-83)128-62-34-85(4,75(114)37(3)124-62)92-18-21-103-20-17-60(95-84(103)122)94-61(109)25-38-9-13-46(86)49(89)24-38)126-55-16-12-41(28-48(55)88)70(111)68-81(120)98-66(82(121)101-123-22-8-19-102(6)7)45-31-43(105)32-53(107)63(45)44-26-39(10-14-52(44)106)64(78(117)100-68)97-79(118)65(42)96-77(116)51(33-59(90)108)93-80(67)119/h9-17,20,24,26-32,36-37,50-51,58,62,64-72,74-75,83,91-92,104-107,110-114H,8,18-19,21-23,25,33-35H2,1-7H3,(H2,90,108)(H,93,119)(H,96,116)(H,97,118)(H,98,120)(H,99,115)(H,100,117)(H,101,121)(H,94,95,109,122)/t37?,50?,51?,58?,62?,64?,65?,66-,67?,68?,69?,70?,71?,72?,74?,75?,83?,85-/m1/s1. The van der Waals surface area contributed by atoms with Gasteiger partial charge in [-0.15, -0.1) is 0 Å². The molecule has 692 valence electrons. The van der Waals surface area contributed by atoms with Gasteiger partial charge in [0, 0.05) is 48.4 Å². The van der Waals surface area contributed by atoms with Crippen LogP contribution < -0.4 is 79.0 Å². The van der Waals surface area contributed by atoms with Crippen LogP contribution in [0.3, 0.4) is 0 Å². The number of hydrogen-bond acceptors (Lipinski definition) is 30. The molecule has 14 rings (SSSR count). The molecule has 44 heteroatoms. The number of anilines is 1. The Morgan fingerprint density at radius 2 is 1.40 bits per heavy atom. The van der Waals surface area contributed by atoms with Crippen molar-refractivity contribution in [3.8, 4) is 57.1 Å². The van der Waals surface area contributed by atoms with E-state index in [-0.39, 0.29) is 78.2 Å². The summed E-state index contributed by atoms with van der Waals surface area (Å²) in [6.07, 6.45) is -18.2. The molecule has 18 atom stereocenters. The average molecular weight is 1860 g/mol. The van der Waals surface area contributed by atoms with Gasteiger partial charge >= 0.3 is 5.69 Å². The van der Waals surface area contributed by atoms with E-state index >= 15 is 24.0 Å². The van der Waals surface area contributed by atoms with Crippen LogP contribution in [0.4, 0.5) is 10.2 Å². The van der Waals surface area contributed by atoms with Crippen LogP contribution in [0.25, 0.3) is 11.1 Å². The molecule has 7 aromatic rings. The summed E-state index contributed by atoms with van der Waals surface area (Å²) in [5, 5.41) is 130. The second kappa shape index (κ2) is 41.5. The molecule has 11 bridgehead atoms. The lowest BCUT2D eigenvalue weighted by Crippen LogP contribution is -2.65. The average Bonchev–Trinajstić information content (AvgIpc) is 0.767. The molecule has 8 heterocycles. The molecule has 40 nitrogen and oxygen atoms in total. The molecule has 129 heavy (non-hydrogen) atoms. The highest BCUT2D eigenvalue weighted by Gasteiger charge is 2.52. The molecular formula is C85H98Cl3FN14O26. The summed E-state index contributed by atoms with van der Waals surface area (Å²) < 4.78 is 54.8. The largest absolute Gasteiger partial charge is 0.508 e. The van der Waals surface area contributed by atoms with Gasteiger partial charge in [0.2, 0.25) is 59.3 Å². The number of amides is 9. The summed E-state index contributed by atoms with van der Waals surface area (Å²) in [6, 6.07) is 4.72. The second-order valence-corrected chi connectivity index (χ2v) is 33.7. The van der Waals surface area contributed by atoms with E-state index in [9.17, 15) is 74.3 Å². The number of aromatic hydroxyl groups is 3. The van der Waals surface area contributed by atoms with Gasteiger partial charge in [-0.05, 0) is 166 Å². The number of halogens is 4. The minimum atomic E-state index is -2.40. The number of hydroxylamine groups is 1. The fourth-order valence-electron chi connectivity index (χ4n) is 15.4. The van der Waals surface area contributed by atoms with E-state index in [1.54, 1.807) is 21.0 Å². The Labute approximate surface area is 750 Å². The van der Waals surface area contributed by atoms with E-state index < -0.39 is 259 Å². The zero-order valence-electron chi connectivity index (χ0n) is 70.3. The molecule has 7 aliphatic heterocycles. The molecule has 1 aromatic heterocycles. The number of ether oxygens (including phenoxy) is 6. The number of rotatable bonds is 25. The number of fused-ring (bicyclic) bond motifs is 15. The number of aliphatic hydroxyl groups excluding tert-OH is 6. The van der Waals surface area contributed by atoms with Crippen LogP contribution in [0, 0.1) is 11.7 Å². The van der Waals surface area contributed by atoms with Gasteiger partial charge in [-0.3, -0.25) is 52.6 Å². The Kier molecular flexibility index (Phi) is 31.1. The lowest BCUT2D eigenvalue weighted by Gasteiger charge is -2.48. The lowest BCUT2D eigenvalue weighted by atomic mass is 9.85. The first-order chi connectivity index (χ1) is 61.2. The van der Waals surface area contributed by atoms with Gasteiger partial charge in [-0.2, -0.15) is 4.98 Å². The van der Waals surface area contributed by atoms with E-state index in [2.05, 4.69) is 58.3 Å². The number of likely N-dealkylation sites (N-methyl/N-ethyl adjacent to an activating group) is 1. The van der Waals surface area contributed by atoms with Gasteiger partial charge in [-0.1, -0.05) is 72.9 Å². The lowest BCUT2D eigenvalue weighted by molar-refractivity contribution is -0.334. The summed E-state index contributed by atoms with van der Waals surface area (Å²) in [5.41, 5.74) is 3.45. The molecule has 0 saturated carbocycles. The molecule has 2 saturated heterocycles. The van der Waals surface area contributed by atoms with E-state index in [0.717, 1.165) is 72.8 Å².